The highest BCUT2D eigenvalue weighted by molar-refractivity contribution is 7.08. The van der Waals surface area contributed by atoms with Gasteiger partial charge in [0.2, 0.25) is 5.91 Å². The topological polar surface area (TPSA) is 41.1 Å². The van der Waals surface area contributed by atoms with Gasteiger partial charge in [0.15, 0.2) is 0 Å². The highest BCUT2D eigenvalue weighted by Gasteiger charge is 2.23. The van der Waals surface area contributed by atoms with E-state index in [-0.39, 0.29) is 11.9 Å². The lowest BCUT2D eigenvalue weighted by Crippen LogP contribution is -2.44. The lowest BCUT2D eigenvalue weighted by Gasteiger charge is -2.25. The van der Waals surface area contributed by atoms with Crippen LogP contribution in [0.25, 0.3) is 0 Å². The highest BCUT2D eigenvalue weighted by Crippen LogP contribution is 2.18. The molecule has 1 aromatic heterocycles. The molecule has 2 aromatic rings. The Bertz CT molecular complexity index is 551. The van der Waals surface area contributed by atoms with Crippen molar-refractivity contribution in [1.29, 1.82) is 0 Å². The fourth-order valence-corrected chi connectivity index (χ4v) is 2.79. The van der Waals surface area contributed by atoms with Crippen LogP contribution in [0.1, 0.15) is 11.1 Å². The second kappa shape index (κ2) is 4.92. The van der Waals surface area contributed by atoms with Gasteiger partial charge < -0.3 is 10.6 Å². The molecule has 0 radical (unpaired) electrons. The summed E-state index contributed by atoms with van der Waals surface area (Å²) in [6, 6.07) is 10.0. The predicted octanol–water partition coefficient (Wildman–Crippen LogP) is 2.40. The van der Waals surface area contributed by atoms with Crippen molar-refractivity contribution in [3.8, 4) is 0 Å². The number of rotatable bonds is 2. The first-order chi connectivity index (χ1) is 8.83. The molecule has 1 aromatic carbocycles. The molecule has 0 spiro atoms. The van der Waals surface area contributed by atoms with Crippen LogP contribution in [-0.2, 0) is 17.8 Å². The van der Waals surface area contributed by atoms with Crippen molar-refractivity contribution in [3.05, 3.63) is 52.2 Å². The van der Waals surface area contributed by atoms with Crippen molar-refractivity contribution in [1.82, 2.24) is 5.32 Å². The van der Waals surface area contributed by atoms with Gasteiger partial charge in [-0.1, -0.05) is 24.3 Å². The molecule has 0 saturated carbocycles. The first-order valence-electron chi connectivity index (χ1n) is 5.96. The molecule has 0 fully saturated rings. The van der Waals surface area contributed by atoms with E-state index in [1.807, 2.05) is 29.0 Å². The van der Waals surface area contributed by atoms with Crippen LogP contribution in [0, 0.1) is 0 Å². The minimum atomic E-state index is -0.139. The molecule has 3 rings (SSSR count). The Labute approximate surface area is 110 Å². The third-order valence-corrected chi connectivity index (χ3v) is 3.87. The summed E-state index contributed by atoms with van der Waals surface area (Å²) < 4.78 is 0. The lowest BCUT2D eigenvalue weighted by atomic mass is 9.95. The first kappa shape index (κ1) is 11.4. The largest absolute Gasteiger partial charge is 0.324 e. The van der Waals surface area contributed by atoms with Crippen molar-refractivity contribution < 1.29 is 4.79 Å². The molecule has 3 nitrogen and oxygen atoms in total. The molecule has 18 heavy (non-hydrogen) atoms. The van der Waals surface area contributed by atoms with Gasteiger partial charge >= 0.3 is 0 Å². The number of carbonyl (C=O) groups is 1. The number of benzene rings is 1. The predicted molar refractivity (Wildman–Crippen MR) is 73.7 cm³/mol. The third kappa shape index (κ3) is 2.30. The van der Waals surface area contributed by atoms with E-state index in [0.29, 0.717) is 0 Å². The van der Waals surface area contributed by atoms with E-state index in [1.165, 1.54) is 11.1 Å². The summed E-state index contributed by atoms with van der Waals surface area (Å²) in [5, 5.41) is 10.1. The van der Waals surface area contributed by atoms with Gasteiger partial charge in [-0.25, -0.2) is 0 Å². The second-order valence-electron chi connectivity index (χ2n) is 4.41. The first-order valence-corrected chi connectivity index (χ1v) is 6.90. The molecule has 4 heteroatoms. The van der Waals surface area contributed by atoms with Crippen LogP contribution in [-0.4, -0.2) is 11.9 Å². The van der Waals surface area contributed by atoms with Gasteiger partial charge in [0.1, 0.15) is 0 Å². The minimum absolute atomic E-state index is 0.0444. The molecular formula is C14H14N2OS. The summed E-state index contributed by atoms with van der Waals surface area (Å²) in [5.41, 5.74) is 3.43. The van der Waals surface area contributed by atoms with E-state index < -0.39 is 0 Å². The normalized spacial score (nSPS) is 18.1. The van der Waals surface area contributed by atoms with E-state index in [2.05, 4.69) is 22.8 Å². The van der Waals surface area contributed by atoms with Gasteiger partial charge in [0.05, 0.1) is 11.7 Å². The van der Waals surface area contributed by atoms with Crippen molar-refractivity contribution in [2.24, 2.45) is 0 Å². The zero-order chi connectivity index (χ0) is 12.4. The number of fused-ring (bicyclic) bond motifs is 1. The van der Waals surface area contributed by atoms with E-state index in [1.54, 1.807) is 11.3 Å². The maximum absolute atomic E-state index is 12.1. The molecule has 2 N–H and O–H groups in total. The van der Waals surface area contributed by atoms with E-state index in [9.17, 15) is 4.79 Å². The molecule has 1 atom stereocenters. The number of carbonyl (C=O) groups excluding carboxylic acids is 1. The van der Waals surface area contributed by atoms with Crippen molar-refractivity contribution in [3.63, 3.8) is 0 Å². The van der Waals surface area contributed by atoms with Gasteiger partial charge in [-0.05, 0) is 29.0 Å². The fraction of sp³-hybridized carbons (Fsp3) is 0.214. The number of thiophene rings is 1. The van der Waals surface area contributed by atoms with Crippen molar-refractivity contribution >= 4 is 22.9 Å². The molecule has 1 aliphatic rings. The van der Waals surface area contributed by atoms with Crippen LogP contribution in [0.5, 0.6) is 0 Å². The Morgan fingerprint density at radius 3 is 2.89 bits per heavy atom. The monoisotopic (exact) mass is 258 g/mol. The Balaban J connectivity index is 1.70. The molecule has 2 heterocycles. The molecule has 1 amide bonds. The van der Waals surface area contributed by atoms with E-state index >= 15 is 0 Å². The lowest BCUT2D eigenvalue weighted by molar-refractivity contribution is -0.118. The minimum Gasteiger partial charge on any atom is -0.324 e. The Morgan fingerprint density at radius 2 is 2.11 bits per heavy atom. The zero-order valence-electron chi connectivity index (χ0n) is 9.85. The summed E-state index contributed by atoms with van der Waals surface area (Å²) in [6.07, 6.45) is 0.756. The molecule has 0 bridgehead atoms. The second-order valence-corrected chi connectivity index (χ2v) is 5.19. The summed E-state index contributed by atoms with van der Waals surface area (Å²) in [6.45, 7) is 0.762. The van der Waals surface area contributed by atoms with Crippen LogP contribution >= 0.6 is 11.3 Å². The van der Waals surface area contributed by atoms with Crippen LogP contribution in [0.15, 0.2) is 41.1 Å². The van der Waals surface area contributed by atoms with Crippen LogP contribution in [0.2, 0.25) is 0 Å². The number of hydrogen-bond donors (Lipinski definition) is 2. The summed E-state index contributed by atoms with van der Waals surface area (Å²) in [5.74, 6) is 0.0444. The number of nitrogens with one attached hydrogen (secondary N) is 2. The van der Waals surface area contributed by atoms with E-state index in [0.717, 1.165) is 18.7 Å². The van der Waals surface area contributed by atoms with Crippen molar-refractivity contribution in [2.75, 3.05) is 5.32 Å². The Morgan fingerprint density at radius 1 is 1.28 bits per heavy atom. The maximum Gasteiger partial charge on any atom is 0.241 e. The standard InChI is InChI=1S/C14H14N2OS/c17-14(16-12-5-6-18-9-12)13-7-10-3-1-2-4-11(10)8-15-13/h1-6,9,13,15H,7-8H2,(H,16,17). The molecule has 1 aliphatic heterocycles. The summed E-state index contributed by atoms with van der Waals surface area (Å²) in [7, 11) is 0. The molecule has 0 saturated heterocycles. The molecular weight excluding hydrogens is 244 g/mol. The SMILES string of the molecule is O=C(Nc1ccsc1)C1Cc2ccccc2CN1. The molecule has 1 unspecified atom stereocenters. The zero-order valence-corrected chi connectivity index (χ0v) is 10.7. The van der Waals surface area contributed by atoms with Crippen LogP contribution < -0.4 is 10.6 Å². The number of amides is 1. The average molecular weight is 258 g/mol. The smallest absolute Gasteiger partial charge is 0.241 e. The highest BCUT2D eigenvalue weighted by atomic mass is 32.1. The van der Waals surface area contributed by atoms with Crippen LogP contribution in [0.3, 0.4) is 0 Å². The third-order valence-electron chi connectivity index (χ3n) is 3.19. The summed E-state index contributed by atoms with van der Waals surface area (Å²) >= 11 is 1.58. The quantitative estimate of drug-likeness (QED) is 0.868. The Kier molecular flexibility index (Phi) is 3.13. The summed E-state index contributed by atoms with van der Waals surface area (Å²) in [4.78, 5) is 12.1. The van der Waals surface area contributed by atoms with Gasteiger partial charge in [-0.2, -0.15) is 11.3 Å². The van der Waals surface area contributed by atoms with Gasteiger partial charge in [-0.3, -0.25) is 4.79 Å². The molecule has 92 valence electrons. The molecule has 0 aliphatic carbocycles. The van der Waals surface area contributed by atoms with E-state index in [4.69, 9.17) is 0 Å². The van der Waals surface area contributed by atoms with Gasteiger partial charge in [-0.15, -0.1) is 0 Å². The van der Waals surface area contributed by atoms with Gasteiger partial charge in [0, 0.05) is 11.9 Å². The van der Waals surface area contributed by atoms with Crippen molar-refractivity contribution in [2.45, 2.75) is 19.0 Å². The number of hydrogen-bond acceptors (Lipinski definition) is 3. The number of anilines is 1. The fourth-order valence-electron chi connectivity index (χ4n) is 2.20. The van der Waals surface area contributed by atoms with Gasteiger partial charge in [0.25, 0.3) is 0 Å². The Hall–Kier alpha value is -1.65. The van der Waals surface area contributed by atoms with Crippen LogP contribution in [0.4, 0.5) is 5.69 Å². The average Bonchev–Trinajstić information content (AvgIpc) is 2.91. The maximum atomic E-state index is 12.1.